The molecule has 1 heterocycles. The average molecular weight is 329 g/mol. The van der Waals surface area contributed by atoms with Crippen LogP contribution in [0.2, 0.25) is 0 Å². The van der Waals surface area contributed by atoms with Gasteiger partial charge in [0.15, 0.2) is 0 Å². The zero-order chi connectivity index (χ0) is 17.7. The summed E-state index contributed by atoms with van der Waals surface area (Å²) in [5.41, 5.74) is 1.72. The molecule has 1 aromatic heterocycles. The largest absolute Gasteiger partial charge is 0.320 e. The van der Waals surface area contributed by atoms with Crippen molar-refractivity contribution in [2.75, 3.05) is 5.32 Å². The van der Waals surface area contributed by atoms with Crippen molar-refractivity contribution in [2.24, 2.45) is 13.0 Å². The lowest BCUT2D eigenvalue weighted by Crippen LogP contribution is -2.27. The van der Waals surface area contributed by atoms with Crippen molar-refractivity contribution >= 4 is 11.6 Å². The van der Waals surface area contributed by atoms with Crippen LogP contribution in [0.15, 0.2) is 35.1 Å². The van der Waals surface area contributed by atoms with Crippen LogP contribution in [0, 0.1) is 12.8 Å². The van der Waals surface area contributed by atoms with Crippen LogP contribution in [0.4, 0.5) is 5.69 Å². The summed E-state index contributed by atoms with van der Waals surface area (Å²) in [6.45, 7) is 5.98. The Labute approximate surface area is 143 Å². The van der Waals surface area contributed by atoms with E-state index in [1.807, 2.05) is 51.2 Å². The first kappa shape index (κ1) is 18.0. The molecular formula is C19H27N3O2. The van der Waals surface area contributed by atoms with Gasteiger partial charge >= 0.3 is 0 Å². The molecule has 0 radical (unpaired) electrons. The van der Waals surface area contributed by atoms with Gasteiger partial charge in [0.2, 0.25) is 5.91 Å². The number of benzene rings is 1. The van der Waals surface area contributed by atoms with Crippen molar-refractivity contribution in [1.29, 1.82) is 0 Å². The van der Waals surface area contributed by atoms with Crippen LogP contribution < -0.4 is 10.9 Å². The van der Waals surface area contributed by atoms with E-state index in [9.17, 15) is 9.59 Å². The molecule has 0 saturated heterocycles. The molecule has 1 atom stereocenters. The highest BCUT2D eigenvalue weighted by atomic mass is 16.2. The molecule has 0 aliphatic carbocycles. The number of unbranched alkanes of at least 4 members (excludes halogenated alkanes) is 1. The lowest BCUT2D eigenvalue weighted by atomic mass is 9.98. The van der Waals surface area contributed by atoms with E-state index in [0.717, 1.165) is 37.1 Å². The molecule has 2 aromatic rings. The SMILES string of the molecule is CCCC[C@H](CC)C(=O)Nc1c(C)n(C)n(-c2ccccc2)c1=O. The highest BCUT2D eigenvalue weighted by molar-refractivity contribution is 5.92. The van der Waals surface area contributed by atoms with Gasteiger partial charge in [0.1, 0.15) is 5.69 Å². The van der Waals surface area contributed by atoms with Crippen LogP contribution in [0.3, 0.4) is 0 Å². The number of amides is 1. The van der Waals surface area contributed by atoms with Crippen molar-refractivity contribution in [3.05, 3.63) is 46.4 Å². The number of rotatable bonds is 7. The maximum atomic E-state index is 12.8. The van der Waals surface area contributed by atoms with Crippen molar-refractivity contribution in [1.82, 2.24) is 9.36 Å². The van der Waals surface area contributed by atoms with Gasteiger partial charge in [-0.3, -0.25) is 14.3 Å². The van der Waals surface area contributed by atoms with E-state index in [1.54, 1.807) is 9.36 Å². The van der Waals surface area contributed by atoms with Crippen molar-refractivity contribution in [3.63, 3.8) is 0 Å². The second kappa shape index (κ2) is 7.99. The van der Waals surface area contributed by atoms with E-state index in [4.69, 9.17) is 0 Å². The van der Waals surface area contributed by atoms with E-state index in [-0.39, 0.29) is 17.4 Å². The minimum Gasteiger partial charge on any atom is -0.320 e. The molecule has 0 aliphatic rings. The number of carbonyl (C=O) groups is 1. The normalized spacial score (nSPS) is 12.2. The Balaban J connectivity index is 2.32. The molecule has 0 spiro atoms. The molecule has 0 aliphatic heterocycles. The molecule has 1 aromatic carbocycles. The first-order valence-electron chi connectivity index (χ1n) is 8.66. The number of carbonyl (C=O) groups excluding carboxylic acids is 1. The quantitative estimate of drug-likeness (QED) is 0.843. The summed E-state index contributed by atoms with van der Waals surface area (Å²) in [4.78, 5) is 25.3. The van der Waals surface area contributed by atoms with Gasteiger partial charge in [0, 0.05) is 13.0 Å². The van der Waals surface area contributed by atoms with Gasteiger partial charge < -0.3 is 5.32 Å². The third kappa shape index (κ3) is 3.61. The molecule has 130 valence electrons. The Morgan fingerprint density at radius 2 is 1.88 bits per heavy atom. The number of hydrogen-bond acceptors (Lipinski definition) is 2. The second-order valence-corrected chi connectivity index (χ2v) is 6.17. The van der Waals surface area contributed by atoms with Crippen LogP contribution in [-0.2, 0) is 11.8 Å². The van der Waals surface area contributed by atoms with E-state index in [0.29, 0.717) is 5.69 Å². The standard InChI is InChI=1S/C19H27N3O2/c1-5-7-11-15(6-2)18(23)20-17-14(3)21(4)22(19(17)24)16-12-9-8-10-13-16/h8-10,12-13,15H,5-7,11H2,1-4H3,(H,20,23)/t15-/m0/s1. The molecule has 5 nitrogen and oxygen atoms in total. The van der Waals surface area contributed by atoms with E-state index >= 15 is 0 Å². The Hall–Kier alpha value is -2.30. The van der Waals surface area contributed by atoms with E-state index in [1.165, 1.54) is 0 Å². The first-order chi connectivity index (χ1) is 11.5. The predicted octanol–water partition coefficient (Wildman–Crippen LogP) is 3.64. The monoisotopic (exact) mass is 329 g/mol. The van der Waals surface area contributed by atoms with E-state index in [2.05, 4.69) is 12.2 Å². The zero-order valence-electron chi connectivity index (χ0n) is 15.0. The van der Waals surface area contributed by atoms with Crippen molar-refractivity contribution < 1.29 is 4.79 Å². The Morgan fingerprint density at radius 1 is 1.21 bits per heavy atom. The molecule has 1 N–H and O–H groups in total. The van der Waals surface area contributed by atoms with Crippen molar-refractivity contribution in [2.45, 2.75) is 46.5 Å². The fourth-order valence-corrected chi connectivity index (χ4v) is 2.91. The summed E-state index contributed by atoms with van der Waals surface area (Å²) >= 11 is 0. The van der Waals surface area contributed by atoms with Gasteiger partial charge in [-0.15, -0.1) is 0 Å². The van der Waals surface area contributed by atoms with Gasteiger partial charge in [-0.1, -0.05) is 44.9 Å². The highest BCUT2D eigenvalue weighted by Crippen LogP contribution is 2.18. The number of para-hydroxylation sites is 1. The van der Waals surface area contributed by atoms with Crippen LogP contribution in [-0.4, -0.2) is 15.3 Å². The maximum absolute atomic E-state index is 12.8. The van der Waals surface area contributed by atoms with Crippen LogP contribution in [0.25, 0.3) is 5.69 Å². The molecule has 1 amide bonds. The number of nitrogens with one attached hydrogen (secondary N) is 1. The number of nitrogens with zero attached hydrogens (tertiary/aromatic N) is 2. The lowest BCUT2D eigenvalue weighted by Gasteiger charge is -2.13. The van der Waals surface area contributed by atoms with Gasteiger partial charge in [0.25, 0.3) is 5.56 Å². The van der Waals surface area contributed by atoms with Gasteiger partial charge in [-0.25, -0.2) is 4.68 Å². The molecular weight excluding hydrogens is 302 g/mol. The summed E-state index contributed by atoms with van der Waals surface area (Å²) in [7, 11) is 1.83. The topological polar surface area (TPSA) is 56.0 Å². The first-order valence-corrected chi connectivity index (χ1v) is 8.66. The molecule has 0 saturated carbocycles. The Kier molecular flexibility index (Phi) is 6.01. The number of aromatic nitrogens is 2. The van der Waals surface area contributed by atoms with Gasteiger partial charge in [0.05, 0.1) is 11.4 Å². The highest BCUT2D eigenvalue weighted by Gasteiger charge is 2.21. The minimum absolute atomic E-state index is 0.0471. The Morgan fingerprint density at radius 3 is 2.46 bits per heavy atom. The summed E-state index contributed by atoms with van der Waals surface area (Å²) in [5.74, 6) is -0.105. The molecule has 0 fully saturated rings. The zero-order valence-corrected chi connectivity index (χ0v) is 15.0. The van der Waals surface area contributed by atoms with Gasteiger partial charge in [-0.2, -0.15) is 0 Å². The summed E-state index contributed by atoms with van der Waals surface area (Å²) in [6.07, 6.45) is 3.73. The maximum Gasteiger partial charge on any atom is 0.295 e. The fraction of sp³-hybridized carbons (Fsp3) is 0.474. The molecule has 5 heteroatoms. The summed E-state index contributed by atoms with van der Waals surface area (Å²) < 4.78 is 3.36. The number of anilines is 1. The smallest absolute Gasteiger partial charge is 0.295 e. The number of hydrogen-bond donors (Lipinski definition) is 1. The molecule has 0 bridgehead atoms. The Bertz CT molecular complexity index is 744. The van der Waals surface area contributed by atoms with Crippen LogP contribution in [0.1, 0.15) is 45.2 Å². The van der Waals surface area contributed by atoms with Gasteiger partial charge in [-0.05, 0) is 31.9 Å². The lowest BCUT2D eigenvalue weighted by molar-refractivity contribution is -0.120. The summed E-state index contributed by atoms with van der Waals surface area (Å²) in [5, 5.41) is 2.88. The van der Waals surface area contributed by atoms with E-state index < -0.39 is 0 Å². The third-order valence-corrected chi connectivity index (χ3v) is 4.57. The summed E-state index contributed by atoms with van der Waals surface area (Å²) in [6, 6.07) is 9.44. The van der Waals surface area contributed by atoms with Crippen molar-refractivity contribution in [3.8, 4) is 5.69 Å². The molecule has 0 unspecified atom stereocenters. The predicted molar refractivity (Wildman–Crippen MR) is 97.7 cm³/mol. The fourth-order valence-electron chi connectivity index (χ4n) is 2.91. The minimum atomic E-state index is -0.195. The van der Waals surface area contributed by atoms with Crippen LogP contribution in [0.5, 0.6) is 0 Å². The third-order valence-electron chi connectivity index (χ3n) is 4.57. The van der Waals surface area contributed by atoms with Crippen LogP contribution >= 0.6 is 0 Å². The average Bonchev–Trinajstić information content (AvgIpc) is 2.80. The molecule has 24 heavy (non-hydrogen) atoms. The second-order valence-electron chi connectivity index (χ2n) is 6.17. The molecule has 2 rings (SSSR count).